The zero-order valence-corrected chi connectivity index (χ0v) is 9.97. The van der Waals surface area contributed by atoms with Crippen molar-refractivity contribution in [1.29, 1.82) is 0 Å². The Kier molecular flexibility index (Phi) is 3.39. The van der Waals surface area contributed by atoms with Gasteiger partial charge in [-0.2, -0.15) is 0 Å². The summed E-state index contributed by atoms with van der Waals surface area (Å²) in [5.41, 5.74) is 1.10. The van der Waals surface area contributed by atoms with Gasteiger partial charge in [-0.05, 0) is 12.8 Å². The first-order chi connectivity index (χ1) is 6.83. The van der Waals surface area contributed by atoms with Crippen LogP contribution in [0.2, 0.25) is 0 Å². The summed E-state index contributed by atoms with van der Waals surface area (Å²) in [6.45, 7) is 1.95. The van der Waals surface area contributed by atoms with Crippen LogP contribution in [0, 0.1) is 0 Å². The summed E-state index contributed by atoms with van der Waals surface area (Å²) in [6, 6.07) is 0. The Balaban J connectivity index is 2.25. The van der Waals surface area contributed by atoms with Crippen LogP contribution >= 0.6 is 23.5 Å². The average molecular weight is 226 g/mol. The first-order valence-corrected chi connectivity index (χ1v) is 7.02. The standard InChI is InChI=1S/C11H14OS2/c1-2-9(12)8-5-7-14-11(8)10-4-3-6-13-10/h4H,2-3,5-7H2,1H3. The molecule has 0 atom stereocenters. The Morgan fingerprint density at radius 2 is 2.29 bits per heavy atom. The number of allylic oxidation sites excluding steroid dienone is 2. The maximum absolute atomic E-state index is 11.7. The van der Waals surface area contributed by atoms with Crippen molar-refractivity contribution in [1.82, 2.24) is 0 Å². The lowest BCUT2D eigenvalue weighted by Gasteiger charge is -2.04. The normalized spacial score (nSPS) is 21.6. The molecule has 0 saturated carbocycles. The second kappa shape index (κ2) is 4.58. The Bertz CT molecular complexity index is 315. The van der Waals surface area contributed by atoms with Crippen molar-refractivity contribution in [3.63, 3.8) is 0 Å². The van der Waals surface area contributed by atoms with Crippen molar-refractivity contribution in [2.75, 3.05) is 11.5 Å². The number of carbonyl (C=O) groups excluding carboxylic acids is 1. The zero-order valence-electron chi connectivity index (χ0n) is 8.34. The summed E-state index contributed by atoms with van der Waals surface area (Å²) in [5, 5.41) is 0. The van der Waals surface area contributed by atoms with E-state index in [0.29, 0.717) is 12.2 Å². The van der Waals surface area contributed by atoms with Crippen molar-refractivity contribution < 1.29 is 4.79 Å². The van der Waals surface area contributed by atoms with Crippen LogP contribution in [0.4, 0.5) is 0 Å². The lowest BCUT2D eigenvalue weighted by atomic mass is 10.1. The second-order valence-electron chi connectivity index (χ2n) is 3.39. The van der Waals surface area contributed by atoms with Crippen LogP contribution in [-0.2, 0) is 4.79 Å². The second-order valence-corrected chi connectivity index (χ2v) is 5.63. The van der Waals surface area contributed by atoms with Crippen molar-refractivity contribution in [3.05, 3.63) is 21.5 Å². The molecule has 0 unspecified atom stereocenters. The molecule has 0 saturated heterocycles. The topological polar surface area (TPSA) is 17.1 Å². The zero-order chi connectivity index (χ0) is 9.97. The maximum atomic E-state index is 11.7. The molecule has 0 amide bonds. The van der Waals surface area contributed by atoms with Crippen LogP contribution in [0.5, 0.6) is 0 Å². The molecule has 0 aliphatic carbocycles. The number of thioether (sulfide) groups is 2. The average Bonchev–Trinajstić information content (AvgIpc) is 2.85. The molecule has 2 heterocycles. The number of rotatable bonds is 3. The number of hydrogen-bond acceptors (Lipinski definition) is 3. The van der Waals surface area contributed by atoms with Crippen LogP contribution in [0.1, 0.15) is 26.2 Å². The van der Waals surface area contributed by atoms with E-state index in [1.165, 1.54) is 15.6 Å². The highest BCUT2D eigenvalue weighted by Gasteiger charge is 2.24. The molecule has 0 fully saturated rings. The SMILES string of the molecule is CCC(=O)C1=C(C2=CCCS2)SCC1. The van der Waals surface area contributed by atoms with Gasteiger partial charge in [0, 0.05) is 33.3 Å². The van der Waals surface area contributed by atoms with E-state index in [9.17, 15) is 4.79 Å². The lowest BCUT2D eigenvalue weighted by molar-refractivity contribution is -0.115. The molecule has 0 spiro atoms. The van der Waals surface area contributed by atoms with Crippen molar-refractivity contribution in [2.24, 2.45) is 0 Å². The third-order valence-electron chi connectivity index (χ3n) is 2.46. The molecule has 0 aromatic carbocycles. The van der Waals surface area contributed by atoms with Gasteiger partial charge in [0.25, 0.3) is 0 Å². The Hall–Kier alpha value is -0.150. The van der Waals surface area contributed by atoms with Gasteiger partial charge in [-0.1, -0.05) is 13.0 Å². The van der Waals surface area contributed by atoms with Gasteiger partial charge in [-0.3, -0.25) is 4.79 Å². The van der Waals surface area contributed by atoms with E-state index >= 15 is 0 Å². The quantitative estimate of drug-likeness (QED) is 0.734. The minimum Gasteiger partial charge on any atom is -0.295 e. The van der Waals surface area contributed by atoms with Crippen LogP contribution < -0.4 is 0 Å². The van der Waals surface area contributed by atoms with Gasteiger partial charge in [0.15, 0.2) is 5.78 Å². The van der Waals surface area contributed by atoms with E-state index in [1.54, 1.807) is 0 Å². The summed E-state index contributed by atoms with van der Waals surface area (Å²) in [7, 11) is 0. The number of hydrogen-bond donors (Lipinski definition) is 0. The Morgan fingerprint density at radius 3 is 2.93 bits per heavy atom. The third-order valence-corrected chi connectivity index (χ3v) is 4.87. The summed E-state index contributed by atoms with van der Waals surface area (Å²) >= 11 is 3.76. The van der Waals surface area contributed by atoms with Gasteiger partial charge in [0.1, 0.15) is 0 Å². The fourth-order valence-corrected chi connectivity index (χ4v) is 4.16. The van der Waals surface area contributed by atoms with Crippen LogP contribution in [0.3, 0.4) is 0 Å². The molecule has 3 heteroatoms. The molecule has 14 heavy (non-hydrogen) atoms. The van der Waals surface area contributed by atoms with E-state index in [2.05, 4.69) is 6.08 Å². The first kappa shape index (κ1) is 10.4. The smallest absolute Gasteiger partial charge is 0.159 e. The molecule has 0 bridgehead atoms. The van der Waals surface area contributed by atoms with Crippen molar-refractivity contribution in [3.8, 4) is 0 Å². The summed E-state index contributed by atoms with van der Waals surface area (Å²) < 4.78 is 0. The Morgan fingerprint density at radius 1 is 1.43 bits per heavy atom. The van der Waals surface area contributed by atoms with E-state index in [0.717, 1.165) is 24.2 Å². The van der Waals surface area contributed by atoms with Gasteiger partial charge < -0.3 is 0 Å². The van der Waals surface area contributed by atoms with Crippen molar-refractivity contribution in [2.45, 2.75) is 26.2 Å². The van der Waals surface area contributed by atoms with Gasteiger partial charge >= 0.3 is 0 Å². The largest absolute Gasteiger partial charge is 0.295 e. The van der Waals surface area contributed by atoms with Crippen LogP contribution in [0.15, 0.2) is 21.5 Å². The van der Waals surface area contributed by atoms with E-state index in [4.69, 9.17) is 0 Å². The molecule has 0 N–H and O–H groups in total. The molecule has 2 aliphatic heterocycles. The van der Waals surface area contributed by atoms with Crippen LogP contribution in [0.25, 0.3) is 0 Å². The summed E-state index contributed by atoms with van der Waals surface area (Å²) in [5.74, 6) is 2.62. The van der Waals surface area contributed by atoms with E-state index < -0.39 is 0 Å². The third kappa shape index (κ3) is 1.94. The predicted molar refractivity (Wildman–Crippen MR) is 64.6 cm³/mol. The molecular formula is C11H14OS2. The molecular weight excluding hydrogens is 212 g/mol. The predicted octanol–water partition coefficient (Wildman–Crippen LogP) is 3.38. The number of Topliss-reactive ketones (excluding diaryl/α,β-unsaturated/α-hetero) is 1. The van der Waals surface area contributed by atoms with E-state index in [-0.39, 0.29) is 0 Å². The molecule has 0 aromatic heterocycles. The number of ketones is 1. The molecule has 2 rings (SSSR count). The summed E-state index contributed by atoms with van der Waals surface area (Å²) in [4.78, 5) is 14.3. The maximum Gasteiger partial charge on any atom is 0.159 e. The van der Waals surface area contributed by atoms with Crippen LogP contribution in [-0.4, -0.2) is 17.3 Å². The molecule has 1 nitrogen and oxygen atoms in total. The first-order valence-electron chi connectivity index (χ1n) is 5.05. The van der Waals surface area contributed by atoms with E-state index in [1.807, 2.05) is 30.4 Å². The van der Waals surface area contributed by atoms with Crippen molar-refractivity contribution >= 4 is 29.3 Å². The van der Waals surface area contributed by atoms with Gasteiger partial charge in [-0.15, -0.1) is 23.5 Å². The molecule has 0 radical (unpaired) electrons. The summed E-state index contributed by atoms with van der Waals surface area (Å²) in [6.07, 6.45) is 5.07. The highest BCUT2D eigenvalue weighted by atomic mass is 32.2. The fourth-order valence-electron chi connectivity index (χ4n) is 1.73. The molecule has 76 valence electrons. The Labute approximate surface area is 93.4 Å². The highest BCUT2D eigenvalue weighted by Crippen LogP contribution is 2.44. The van der Waals surface area contributed by atoms with Gasteiger partial charge in [-0.25, -0.2) is 0 Å². The highest BCUT2D eigenvalue weighted by molar-refractivity contribution is 8.08. The van der Waals surface area contributed by atoms with Gasteiger partial charge in [0.2, 0.25) is 0 Å². The monoisotopic (exact) mass is 226 g/mol. The minimum atomic E-state index is 0.346. The minimum absolute atomic E-state index is 0.346. The lowest BCUT2D eigenvalue weighted by Crippen LogP contribution is -2.00. The van der Waals surface area contributed by atoms with Gasteiger partial charge in [0.05, 0.1) is 0 Å². The number of carbonyl (C=O) groups is 1. The molecule has 0 aromatic rings. The fraction of sp³-hybridized carbons (Fsp3) is 0.545. The molecule has 2 aliphatic rings.